The standard InChI is InChI=1S/C28H33F4N3O3/c1-38-20-2-3-25-21(14-20)26(18(16-36)15-34-25)22(29)4-5-28(17-37)6-9-35(10-7-28)11-8-33-19-12-23(30)27(32)24(31)13-19/h2-3,12-15,22,33,36-37H,4-11,16-17H2,1H3/t22-/m1/s1. The molecular weight excluding hydrogens is 502 g/mol. The van der Waals surface area contributed by atoms with Crippen LogP contribution in [0.15, 0.2) is 36.5 Å². The minimum Gasteiger partial charge on any atom is -0.497 e. The Balaban J connectivity index is 1.34. The van der Waals surface area contributed by atoms with Gasteiger partial charge in [0.2, 0.25) is 0 Å². The molecule has 3 aromatic rings. The van der Waals surface area contributed by atoms with E-state index in [1.165, 1.54) is 13.3 Å². The molecule has 0 aliphatic carbocycles. The van der Waals surface area contributed by atoms with Crippen molar-refractivity contribution >= 4 is 16.6 Å². The highest BCUT2D eigenvalue weighted by Crippen LogP contribution is 2.41. The minimum atomic E-state index is -1.49. The summed E-state index contributed by atoms with van der Waals surface area (Å²) < 4.78 is 61.0. The summed E-state index contributed by atoms with van der Waals surface area (Å²) in [6, 6.07) is 7.08. The number of anilines is 1. The molecule has 6 nitrogen and oxygen atoms in total. The Hall–Kier alpha value is -2.95. The van der Waals surface area contributed by atoms with Crippen LogP contribution in [0.3, 0.4) is 0 Å². The molecule has 1 aliphatic heterocycles. The normalized spacial score (nSPS) is 16.5. The summed E-state index contributed by atoms with van der Waals surface area (Å²) in [5.74, 6) is -3.40. The van der Waals surface area contributed by atoms with Crippen molar-refractivity contribution in [3.8, 4) is 5.75 Å². The number of pyridine rings is 1. The molecule has 10 heteroatoms. The number of alkyl halides is 1. The molecule has 0 radical (unpaired) electrons. The summed E-state index contributed by atoms with van der Waals surface area (Å²) in [4.78, 5) is 6.49. The highest BCUT2D eigenvalue weighted by molar-refractivity contribution is 5.85. The number of benzene rings is 2. The number of aromatic nitrogens is 1. The fraction of sp³-hybridized carbons (Fsp3) is 0.464. The van der Waals surface area contributed by atoms with Gasteiger partial charge in [-0.25, -0.2) is 17.6 Å². The van der Waals surface area contributed by atoms with Crippen LogP contribution < -0.4 is 10.1 Å². The van der Waals surface area contributed by atoms with E-state index in [1.807, 2.05) is 0 Å². The van der Waals surface area contributed by atoms with Gasteiger partial charge in [-0.1, -0.05) is 0 Å². The van der Waals surface area contributed by atoms with Gasteiger partial charge in [0, 0.05) is 60.2 Å². The average molecular weight is 536 g/mol. The smallest absolute Gasteiger partial charge is 0.194 e. The number of methoxy groups -OCH3 is 1. The van der Waals surface area contributed by atoms with Gasteiger partial charge >= 0.3 is 0 Å². The van der Waals surface area contributed by atoms with E-state index in [1.54, 1.807) is 18.2 Å². The molecule has 0 bridgehead atoms. The zero-order valence-electron chi connectivity index (χ0n) is 21.3. The second kappa shape index (κ2) is 12.3. The number of likely N-dealkylation sites (tertiary alicyclic amines) is 1. The first kappa shape index (κ1) is 28.1. The van der Waals surface area contributed by atoms with Gasteiger partial charge < -0.3 is 25.2 Å². The van der Waals surface area contributed by atoms with Gasteiger partial charge in [-0.3, -0.25) is 4.98 Å². The molecule has 0 unspecified atom stereocenters. The minimum absolute atomic E-state index is 0.0578. The van der Waals surface area contributed by atoms with Gasteiger partial charge in [0.15, 0.2) is 17.5 Å². The van der Waals surface area contributed by atoms with Crippen LogP contribution in [0.2, 0.25) is 0 Å². The largest absolute Gasteiger partial charge is 0.497 e. The molecule has 1 atom stereocenters. The van der Waals surface area contributed by atoms with Crippen LogP contribution in [0, 0.1) is 22.9 Å². The Morgan fingerprint density at radius 2 is 1.82 bits per heavy atom. The molecule has 38 heavy (non-hydrogen) atoms. The first-order chi connectivity index (χ1) is 18.3. The number of aliphatic hydroxyl groups excluding tert-OH is 2. The van der Waals surface area contributed by atoms with E-state index >= 15 is 4.39 Å². The molecule has 4 rings (SSSR count). The van der Waals surface area contributed by atoms with Crippen molar-refractivity contribution in [2.45, 2.75) is 38.5 Å². The fourth-order valence-electron chi connectivity index (χ4n) is 5.19. The zero-order valence-corrected chi connectivity index (χ0v) is 21.3. The first-order valence-electron chi connectivity index (χ1n) is 12.7. The maximum atomic E-state index is 15.7. The number of nitrogens with one attached hydrogen (secondary N) is 1. The number of ether oxygens (including phenoxy) is 1. The van der Waals surface area contributed by atoms with E-state index in [9.17, 15) is 23.4 Å². The van der Waals surface area contributed by atoms with E-state index in [0.29, 0.717) is 73.2 Å². The number of hydrogen-bond donors (Lipinski definition) is 3. The number of halogens is 4. The van der Waals surface area contributed by atoms with Crippen LogP contribution in [0.4, 0.5) is 23.2 Å². The van der Waals surface area contributed by atoms with E-state index in [-0.39, 0.29) is 25.3 Å². The van der Waals surface area contributed by atoms with E-state index in [2.05, 4.69) is 15.2 Å². The second-order valence-corrected chi connectivity index (χ2v) is 9.92. The van der Waals surface area contributed by atoms with E-state index < -0.39 is 29.0 Å². The Labute approximate surface area is 219 Å². The highest BCUT2D eigenvalue weighted by atomic mass is 19.2. The van der Waals surface area contributed by atoms with Crippen molar-refractivity contribution < 1.29 is 32.5 Å². The van der Waals surface area contributed by atoms with E-state index in [4.69, 9.17) is 4.74 Å². The molecule has 0 amide bonds. The fourth-order valence-corrected chi connectivity index (χ4v) is 5.19. The van der Waals surface area contributed by atoms with Crippen LogP contribution in [-0.4, -0.2) is 60.0 Å². The van der Waals surface area contributed by atoms with Gasteiger partial charge in [0.1, 0.15) is 11.9 Å². The highest BCUT2D eigenvalue weighted by Gasteiger charge is 2.35. The lowest BCUT2D eigenvalue weighted by Crippen LogP contribution is -2.43. The van der Waals surface area contributed by atoms with Gasteiger partial charge in [-0.15, -0.1) is 0 Å². The number of aliphatic hydroxyl groups is 2. The summed E-state index contributed by atoms with van der Waals surface area (Å²) in [5, 5.41) is 23.6. The first-order valence-corrected chi connectivity index (χ1v) is 12.7. The Kier molecular flexibility index (Phi) is 9.07. The Morgan fingerprint density at radius 3 is 2.45 bits per heavy atom. The van der Waals surface area contributed by atoms with Gasteiger partial charge in [0.25, 0.3) is 0 Å². The van der Waals surface area contributed by atoms with Crippen molar-refractivity contribution in [1.29, 1.82) is 0 Å². The van der Waals surface area contributed by atoms with Crippen molar-refractivity contribution in [3.63, 3.8) is 0 Å². The summed E-state index contributed by atoms with van der Waals surface area (Å²) in [6.07, 6.45) is 2.16. The number of piperidine rings is 1. The third kappa shape index (κ3) is 6.19. The predicted molar refractivity (Wildman–Crippen MR) is 137 cm³/mol. The topological polar surface area (TPSA) is 77.8 Å². The van der Waals surface area contributed by atoms with Crippen LogP contribution in [0.5, 0.6) is 5.75 Å². The monoisotopic (exact) mass is 535 g/mol. The quantitative estimate of drug-likeness (QED) is 0.234. The molecular formula is C28H33F4N3O3. The summed E-state index contributed by atoms with van der Waals surface area (Å²) >= 11 is 0. The third-order valence-electron chi connectivity index (χ3n) is 7.60. The molecule has 2 aromatic carbocycles. The number of hydrogen-bond acceptors (Lipinski definition) is 6. The molecule has 1 fully saturated rings. The van der Waals surface area contributed by atoms with Crippen molar-refractivity contribution in [2.75, 3.05) is 45.2 Å². The molecule has 206 valence electrons. The molecule has 1 aliphatic rings. The maximum Gasteiger partial charge on any atom is 0.194 e. The van der Waals surface area contributed by atoms with Gasteiger partial charge in [-0.05, 0) is 62.4 Å². The summed E-state index contributed by atoms with van der Waals surface area (Å²) in [6.45, 7) is 1.98. The maximum absolute atomic E-state index is 15.7. The molecule has 0 saturated carbocycles. The van der Waals surface area contributed by atoms with Crippen molar-refractivity contribution in [1.82, 2.24) is 9.88 Å². The lowest BCUT2D eigenvalue weighted by Gasteiger charge is -2.41. The number of fused-ring (bicyclic) bond motifs is 1. The SMILES string of the molecule is COc1ccc2ncc(CO)c([C@H](F)CCC3(CO)CCN(CCNc4cc(F)c(F)c(F)c4)CC3)c2c1. The molecule has 1 saturated heterocycles. The van der Waals surface area contributed by atoms with Crippen LogP contribution in [-0.2, 0) is 6.61 Å². The van der Waals surface area contributed by atoms with Crippen molar-refractivity contribution in [2.24, 2.45) is 5.41 Å². The lowest BCUT2D eigenvalue weighted by atomic mass is 9.74. The third-order valence-corrected chi connectivity index (χ3v) is 7.60. The van der Waals surface area contributed by atoms with Gasteiger partial charge in [-0.2, -0.15) is 0 Å². The predicted octanol–water partition coefficient (Wildman–Crippen LogP) is 5.13. The summed E-state index contributed by atoms with van der Waals surface area (Å²) in [5.41, 5.74) is 1.20. The molecule has 1 aromatic heterocycles. The second-order valence-electron chi connectivity index (χ2n) is 9.92. The summed E-state index contributed by atoms with van der Waals surface area (Å²) in [7, 11) is 1.53. The molecule has 2 heterocycles. The van der Waals surface area contributed by atoms with Crippen molar-refractivity contribution in [3.05, 3.63) is 65.1 Å². The van der Waals surface area contributed by atoms with Crippen LogP contribution in [0.1, 0.15) is 43.0 Å². The molecule has 0 spiro atoms. The van der Waals surface area contributed by atoms with Crippen LogP contribution in [0.25, 0.3) is 10.9 Å². The Bertz CT molecular complexity index is 1220. The zero-order chi connectivity index (χ0) is 27.3. The van der Waals surface area contributed by atoms with E-state index in [0.717, 1.165) is 12.1 Å². The average Bonchev–Trinajstić information content (AvgIpc) is 2.94. The molecule has 3 N–H and O–H groups in total. The van der Waals surface area contributed by atoms with Gasteiger partial charge in [0.05, 0.1) is 19.2 Å². The lowest BCUT2D eigenvalue weighted by molar-refractivity contribution is 0.0315. The Morgan fingerprint density at radius 1 is 1.11 bits per heavy atom. The van der Waals surface area contributed by atoms with Crippen LogP contribution >= 0.6 is 0 Å². The number of rotatable bonds is 11. The number of nitrogens with zero attached hydrogens (tertiary/aromatic N) is 2.